The second-order valence-electron chi connectivity index (χ2n) is 7.26. The van der Waals surface area contributed by atoms with Gasteiger partial charge in [0.05, 0.1) is 6.54 Å². The Bertz CT molecular complexity index is 933. The van der Waals surface area contributed by atoms with Gasteiger partial charge in [-0.3, -0.25) is 9.80 Å². The van der Waals surface area contributed by atoms with Crippen LogP contribution >= 0.6 is 0 Å². The Labute approximate surface area is 170 Å². The molecule has 2 aromatic carbocycles. The first-order valence-corrected chi connectivity index (χ1v) is 9.97. The van der Waals surface area contributed by atoms with Gasteiger partial charge in [-0.05, 0) is 17.2 Å². The number of hydrogen-bond donors (Lipinski definition) is 0. The van der Waals surface area contributed by atoms with Crippen LogP contribution in [0.5, 0.6) is 0 Å². The van der Waals surface area contributed by atoms with Gasteiger partial charge < -0.3 is 4.52 Å². The predicted molar refractivity (Wildman–Crippen MR) is 111 cm³/mol. The zero-order valence-electron chi connectivity index (χ0n) is 16.4. The zero-order chi connectivity index (χ0) is 19.9. The van der Waals surface area contributed by atoms with Crippen LogP contribution in [0.4, 0.5) is 4.39 Å². The molecule has 1 saturated heterocycles. The number of hydrogen-bond acceptors (Lipinski definition) is 5. The molecular weight excluding hydrogens is 367 g/mol. The highest BCUT2D eigenvalue weighted by atomic mass is 19.1. The maximum absolute atomic E-state index is 13.8. The first-order chi connectivity index (χ1) is 14.3. The minimum absolute atomic E-state index is 0.240. The average Bonchev–Trinajstić information content (AvgIpc) is 3.19. The third kappa shape index (κ3) is 5.59. The van der Waals surface area contributed by atoms with Gasteiger partial charge >= 0.3 is 0 Å². The van der Waals surface area contributed by atoms with E-state index in [1.54, 1.807) is 12.1 Å². The fourth-order valence-electron chi connectivity index (χ4n) is 3.46. The summed E-state index contributed by atoms with van der Waals surface area (Å²) in [5.41, 5.74) is 1.81. The lowest BCUT2D eigenvalue weighted by Crippen LogP contribution is -2.45. The summed E-state index contributed by atoms with van der Waals surface area (Å²) in [5.74, 6) is 0.875. The first-order valence-electron chi connectivity index (χ1n) is 9.97. The van der Waals surface area contributed by atoms with Crippen molar-refractivity contribution in [1.29, 1.82) is 0 Å². The van der Waals surface area contributed by atoms with Crippen molar-refractivity contribution in [2.45, 2.75) is 13.0 Å². The molecule has 0 unspecified atom stereocenters. The molecule has 2 heterocycles. The van der Waals surface area contributed by atoms with E-state index >= 15 is 0 Å². The van der Waals surface area contributed by atoms with Crippen molar-refractivity contribution in [2.75, 3.05) is 32.7 Å². The molecule has 0 aliphatic carbocycles. The normalized spacial score (nSPS) is 15.9. The lowest BCUT2D eigenvalue weighted by molar-refractivity contribution is 0.125. The number of nitrogens with zero attached hydrogens (tertiary/aromatic N) is 4. The third-order valence-electron chi connectivity index (χ3n) is 5.11. The maximum atomic E-state index is 13.8. The lowest BCUT2D eigenvalue weighted by atomic mass is 10.1. The molecule has 3 aromatic rings. The van der Waals surface area contributed by atoms with Crippen molar-refractivity contribution >= 4 is 6.08 Å². The summed E-state index contributed by atoms with van der Waals surface area (Å²) >= 11 is 0. The molecule has 4 rings (SSSR count). The predicted octanol–water partition coefficient (Wildman–Crippen LogP) is 3.63. The average molecular weight is 392 g/mol. The van der Waals surface area contributed by atoms with Crippen molar-refractivity contribution in [1.82, 2.24) is 19.9 Å². The van der Waals surface area contributed by atoms with E-state index in [9.17, 15) is 4.39 Å². The van der Waals surface area contributed by atoms with Crippen LogP contribution in [0.2, 0.25) is 0 Å². The summed E-state index contributed by atoms with van der Waals surface area (Å²) in [6.45, 7) is 5.53. The maximum Gasteiger partial charge on any atom is 0.240 e. The fourth-order valence-corrected chi connectivity index (χ4v) is 3.46. The molecule has 0 bridgehead atoms. The van der Waals surface area contributed by atoms with E-state index in [1.807, 2.05) is 12.1 Å². The molecule has 0 amide bonds. The van der Waals surface area contributed by atoms with Gasteiger partial charge in [0, 0.05) is 39.1 Å². The van der Waals surface area contributed by atoms with Gasteiger partial charge in [-0.2, -0.15) is 4.98 Å². The Morgan fingerprint density at radius 1 is 0.931 bits per heavy atom. The van der Waals surface area contributed by atoms with E-state index in [-0.39, 0.29) is 5.82 Å². The Kier molecular flexibility index (Phi) is 6.44. The fraction of sp³-hybridized carbons (Fsp3) is 0.304. The van der Waals surface area contributed by atoms with Crippen LogP contribution in [0, 0.1) is 5.82 Å². The highest BCUT2D eigenvalue weighted by Crippen LogP contribution is 2.13. The van der Waals surface area contributed by atoms with Gasteiger partial charge in [-0.25, -0.2) is 4.39 Å². The Hall–Kier alpha value is -2.83. The van der Waals surface area contributed by atoms with Crippen LogP contribution in [0.25, 0.3) is 6.08 Å². The van der Waals surface area contributed by atoms with E-state index < -0.39 is 0 Å². The van der Waals surface area contributed by atoms with Crippen molar-refractivity contribution < 1.29 is 8.91 Å². The van der Waals surface area contributed by atoms with Crippen molar-refractivity contribution in [3.05, 3.63) is 89.3 Å². The molecule has 5 nitrogen and oxygen atoms in total. The van der Waals surface area contributed by atoms with Crippen LogP contribution in [0.3, 0.4) is 0 Å². The van der Waals surface area contributed by atoms with Gasteiger partial charge in [0.25, 0.3) is 0 Å². The van der Waals surface area contributed by atoms with E-state index in [1.165, 1.54) is 11.6 Å². The largest absolute Gasteiger partial charge is 0.338 e. The monoisotopic (exact) mass is 392 g/mol. The van der Waals surface area contributed by atoms with Crippen LogP contribution in [0.1, 0.15) is 22.8 Å². The van der Waals surface area contributed by atoms with Crippen molar-refractivity contribution in [2.24, 2.45) is 0 Å². The molecule has 0 atom stereocenters. The number of rotatable bonds is 7. The second-order valence-corrected chi connectivity index (χ2v) is 7.26. The topological polar surface area (TPSA) is 45.4 Å². The van der Waals surface area contributed by atoms with E-state index in [0.29, 0.717) is 30.2 Å². The Balaban J connectivity index is 1.22. The molecule has 1 aromatic heterocycles. The number of benzene rings is 2. The van der Waals surface area contributed by atoms with Gasteiger partial charge in [0.15, 0.2) is 5.82 Å². The summed E-state index contributed by atoms with van der Waals surface area (Å²) in [6, 6.07) is 17.0. The minimum Gasteiger partial charge on any atom is -0.338 e. The van der Waals surface area contributed by atoms with Gasteiger partial charge in [-0.15, -0.1) is 0 Å². The standard InChI is InChI=1S/C23H25FN4O/c24-21-11-5-4-10-20(21)17-22-25-23(29-26-22)18-28-15-13-27(14-16-28)12-6-9-19-7-2-1-3-8-19/h1-11H,12-18H2. The molecule has 0 radical (unpaired) electrons. The van der Waals surface area contributed by atoms with Crippen LogP contribution in [-0.2, 0) is 13.0 Å². The molecule has 6 heteroatoms. The zero-order valence-corrected chi connectivity index (χ0v) is 16.4. The van der Waals surface area contributed by atoms with Gasteiger partial charge in [-0.1, -0.05) is 65.8 Å². The Morgan fingerprint density at radius 2 is 1.66 bits per heavy atom. The third-order valence-corrected chi connectivity index (χ3v) is 5.11. The Morgan fingerprint density at radius 3 is 2.45 bits per heavy atom. The highest BCUT2D eigenvalue weighted by molar-refractivity contribution is 5.48. The molecule has 0 saturated carbocycles. The van der Waals surface area contributed by atoms with Gasteiger partial charge in [0.2, 0.25) is 5.89 Å². The van der Waals surface area contributed by atoms with E-state index in [2.05, 4.69) is 56.4 Å². The van der Waals surface area contributed by atoms with Gasteiger partial charge in [0.1, 0.15) is 5.82 Å². The SMILES string of the molecule is Fc1ccccc1Cc1noc(CN2CCN(CC=Cc3ccccc3)CC2)n1. The minimum atomic E-state index is -0.240. The number of piperazine rings is 1. The molecular formula is C23H25FN4O. The summed E-state index contributed by atoms with van der Waals surface area (Å²) in [6.07, 6.45) is 4.73. The summed E-state index contributed by atoms with van der Waals surface area (Å²) in [5, 5.41) is 4.00. The molecule has 0 N–H and O–H groups in total. The quantitative estimate of drug-likeness (QED) is 0.614. The summed E-state index contributed by atoms with van der Waals surface area (Å²) in [7, 11) is 0. The first kappa shape index (κ1) is 19.5. The van der Waals surface area contributed by atoms with Crippen LogP contribution < -0.4 is 0 Å². The summed E-state index contributed by atoms with van der Waals surface area (Å²) in [4.78, 5) is 9.19. The second kappa shape index (κ2) is 9.58. The van der Waals surface area contributed by atoms with E-state index in [0.717, 1.165) is 32.7 Å². The smallest absolute Gasteiger partial charge is 0.240 e. The van der Waals surface area contributed by atoms with Crippen LogP contribution in [-0.4, -0.2) is 52.7 Å². The molecule has 150 valence electrons. The summed E-state index contributed by atoms with van der Waals surface area (Å²) < 4.78 is 19.1. The molecule has 1 aliphatic heterocycles. The highest BCUT2D eigenvalue weighted by Gasteiger charge is 2.18. The van der Waals surface area contributed by atoms with Crippen LogP contribution in [0.15, 0.2) is 65.2 Å². The molecule has 1 aliphatic rings. The van der Waals surface area contributed by atoms with Crippen molar-refractivity contribution in [3.63, 3.8) is 0 Å². The number of halogens is 1. The molecule has 1 fully saturated rings. The lowest BCUT2D eigenvalue weighted by Gasteiger charge is -2.33. The van der Waals surface area contributed by atoms with Crippen molar-refractivity contribution in [3.8, 4) is 0 Å². The molecule has 0 spiro atoms. The van der Waals surface area contributed by atoms with E-state index in [4.69, 9.17) is 4.52 Å². The number of aromatic nitrogens is 2. The molecule has 29 heavy (non-hydrogen) atoms.